The molecule has 0 aliphatic carbocycles. The van der Waals surface area contributed by atoms with E-state index in [0.29, 0.717) is 15.6 Å². The third-order valence-corrected chi connectivity index (χ3v) is 2.48. The van der Waals surface area contributed by atoms with Crippen LogP contribution in [0.15, 0.2) is 4.79 Å². The lowest BCUT2D eigenvalue weighted by Crippen LogP contribution is -2.09. The van der Waals surface area contributed by atoms with E-state index in [2.05, 4.69) is 22.1 Å². The van der Waals surface area contributed by atoms with Gasteiger partial charge in [-0.05, 0) is 13.8 Å². The molecule has 0 atom stereocenters. The van der Waals surface area contributed by atoms with Crippen LogP contribution in [0, 0.1) is 13.8 Å². The highest BCUT2D eigenvalue weighted by Gasteiger charge is 2.05. The molecule has 0 unspecified atom stereocenters. The molecule has 0 aromatic carbocycles. The zero-order valence-corrected chi connectivity index (χ0v) is 7.83. The summed E-state index contributed by atoms with van der Waals surface area (Å²) < 4.78 is 4.68. The number of aromatic nitrogens is 1. The van der Waals surface area contributed by atoms with Crippen LogP contribution >= 0.6 is 24.2 Å². The minimum atomic E-state index is -0.245. The Kier molecular flexibility index (Phi) is 2.51. The van der Waals surface area contributed by atoms with Crippen LogP contribution in [-0.2, 0) is 0 Å². The fourth-order valence-electron chi connectivity index (χ4n) is 0.635. The van der Waals surface area contributed by atoms with E-state index in [1.165, 1.54) is 11.3 Å². The lowest BCUT2D eigenvalue weighted by Gasteiger charge is -1.99. The number of hydrogen-bond acceptors (Lipinski definition) is 5. The molecule has 0 fully saturated rings. The number of nitrogens with zero attached hydrogens (tertiary/aromatic N) is 1. The Morgan fingerprint density at radius 2 is 2.18 bits per heavy atom. The summed E-state index contributed by atoms with van der Waals surface area (Å²) >= 11 is 4.93. The van der Waals surface area contributed by atoms with Crippen LogP contribution in [0.5, 0.6) is 5.06 Å². The number of hydrogen-bond donors (Lipinski definition) is 1. The van der Waals surface area contributed by atoms with Crippen molar-refractivity contribution >= 4 is 24.2 Å². The molecule has 1 aromatic heterocycles. The zero-order valence-electron chi connectivity index (χ0n) is 6.12. The first-order chi connectivity index (χ1) is 5.15. The van der Waals surface area contributed by atoms with Gasteiger partial charge in [0.05, 0.1) is 10.6 Å². The molecule has 1 heterocycles. The Morgan fingerprint density at radius 1 is 1.55 bits per heavy atom. The molecule has 11 heavy (non-hydrogen) atoms. The van der Waals surface area contributed by atoms with Crippen molar-refractivity contribution in [3.8, 4) is 5.06 Å². The second kappa shape index (κ2) is 3.23. The van der Waals surface area contributed by atoms with Gasteiger partial charge in [0.25, 0.3) is 5.56 Å². The van der Waals surface area contributed by atoms with Crippen molar-refractivity contribution in [3.05, 3.63) is 20.9 Å². The molecule has 1 rings (SSSR count). The maximum absolute atomic E-state index is 11.0. The third-order valence-electron chi connectivity index (χ3n) is 1.21. The first-order valence-electron chi connectivity index (χ1n) is 2.95. The average molecular weight is 189 g/mol. The van der Waals surface area contributed by atoms with Gasteiger partial charge in [-0.3, -0.25) is 4.79 Å². The molecule has 1 aromatic rings. The highest BCUT2D eigenvalue weighted by molar-refractivity contribution is 7.75. The standard InChI is InChI=1S/C6H7NO2S2/c1-3-5(8)7-4(2)11-6(3)9-10/h10H,1-2H3. The second-order valence-electron chi connectivity index (χ2n) is 2.04. The molecule has 60 valence electrons. The van der Waals surface area contributed by atoms with Crippen LogP contribution in [0.1, 0.15) is 10.6 Å². The van der Waals surface area contributed by atoms with Crippen LogP contribution in [0.2, 0.25) is 0 Å². The summed E-state index contributed by atoms with van der Waals surface area (Å²) in [5.74, 6) is 0. The largest absolute Gasteiger partial charge is 0.418 e. The van der Waals surface area contributed by atoms with E-state index in [0.717, 1.165) is 0 Å². The van der Waals surface area contributed by atoms with Crippen molar-refractivity contribution in [2.24, 2.45) is 0 Å². The Bertz CT molecular complexity index is 321. The van der Waals surface area contributed by atoms with Crippen molar-refractivity contribution in [2.45, 2.75) is 13.8 Å². The van der Waals surface area contributed by atoms with E-state index in [-0.39, 0.29) is 5.56 Å². The molecule has 3 nitrogen and oxygen atoms in total. The van der Waals surface area contributed by atoms with Gasteiger partial charge in [0.15, 0.2) is 0 Å². The van der Waals surface area contributed by atoms with Gasteiger partial charge in [0, 0.05) is 12.9 Å². The summed E-state index contributed by atoms with van der Waals surface area (Å²) in [6, 6.07) is 0. The molecule has 0 amide bonds. The van der Waals surface area contributed by atoms with E-state index in [9.17, 15) is 4.79 Å². The van der Waals surface area contributed by atoms with Gasteiger partial charge in [-0.2, -0.15) is 0 Å². The van der Waals surface area contributed by atoms with E-state index in [1.807, 2.05) is 0 Å². The lowest BCUT2D eigenvalue weighted by atomic mass is 10.4. The maximum atomic E-state index is 11.0. The maximum Gasteiger partial charge on any atom is 0.278 e. The molecular weight excluding hydrogens is 182 g/mol. The molecule has 0 saturated heterocycles. The molecule has 0 bridgehead atoms. The van der Waals surface area contributed by atoms with Crippen LogP contribution < -0.4 is 9.74 Å². The Labute approximate surface area is 73.7 Å². The Hall–Kier alpha value is -0.550. The summed E-state index contributed by atoms with van der Waals surface area (Å²) in [5, 5.41) is 1.20. The van der Waals surface area contributed by atoms with E-state index in [4.69, 9.17) is 0 Å². The topological polar surface area (TPSA) is 39.2 Å². The van der Waals surface area contributed by atoms with Crippen LogP contribution in [0.3, 0.4) is 0 Å². The molecule has 0 spiro atoms. The second-order valence-corrected chi connectivity index (χ2v) is 3.39. The average Bonchev–Trinajstić information content (AvgIpc) is 1.96. The fraction of sp³-hybridized carbons (Fsp3) is 0.333. The summed E-state index contributed by atoms with van der Waals surface area (Å²) in [5.41, 5.74) is 0.265. The molecule has 0 aliphatic rings. The van der Waals surface area contributed by atoms with Gasteiger partial charge in [0.2, 0.25) is 5.06 Å². The first-order valence-corrected chi connectivity index (χ1v) is 4.13. The van der Waals surface area contributed by atoms with Gasteiger partial charge in [-0.25, -0.2) is 4.98 Å². The van der Waals surface area contributed by atoms with Crippen molar-refractivity contribution < 1.29 is 4.18 Å². The first kappa shape index (κ1) is 8.55. The Morgan fingerprint density at radius 3 is 2.73 bits per heavy atom. The molecule has 0 radical (unpaired) electrons. The van der Waals surface area contributed by atoms with Gasteiger partial charge in [-0.15, -0.1) is 0 Å². The summed E-state index contributed by atoms with van der Waals surface area (Å²) in [7, 11) is 0. The minimum Gasteiger partial charge on any atom is -0.418 e. The summed E-state index contributed by atoms with van der Waals surface area (Å²) in [6.45, 7) is 3.42. The van der Waals surface area contributed by atoms with E-state index >= 15 is 0 Å². The van der Waals surface area contributed by atoms with Crippen molar-refractivity contribution in [1.82, 2.24) is 4.98 Å². The van der Waals surface area contributed by atoms with Gasteiger partial charge in [0.1, 0.15) is 0 Å². The SMILES string of the molecule is Cc1nc(=O)c(C)c(OS)s1. The van der Waals surface area contributed by atoms with Crippen LogP contribution in [0.4, 0.5) is 0 Å². The summed E-state index contributed by atoms with van der Waals surface area (Å²) in [4.78, 5) is 14.7. The predicted molar refractivity (Wildman–Crippen MR) is 47.5 cm³/mol. The molecule has 5 heteroatoms. The van der Waals surface area contributed by atoms with E-state index in [1.54, 1.807) is 13.8 Å². The highest BCUT2D eigenvalue weighted by Crippen LogP contribution is 2.22. The highest BCUT2D eigenvalue weighted by atomic mass is 32.1. The lowest BCUT2D eigenvalue weighted by molar-refractivity contribution is 0.668. The monoisotopic (exact) mass is 189 g/mol. The van der Waals surface area contributed by atoms with Gasteiger partial charge in [-0.1, -0.05) is 11.3 Å². The Balaban J connectivity index is 3.36. The predicted octanol–water partition coefficient (Wildman–Crippen LogP) is 1.34. The normalized spacial score (nSPS) is 9.73. The van der Waals surface area contributed by atoms with Crippen LogP contribution in [0.25, 0.3) is 0 Å². The molecule has 0 aliphatic heterocycles. The number of aryl methyl sites for hydroxylation is 1. The van der Waals surface area contributed by atoms with Gasteiger partial charge >= 0.3 is 0 Å². The summed E-state index contributed by atoms with van der Waals surface area (Å²) in [6.07, 6.45) is 0. The van der Waals surface area contributed by atoms with Crippen LogP contribution in [-0.4, -0.2) is 4.98 Å². The molecular formula is C6H7NO2S2. The molecule has 0 saturated carbocycles. The van der Waals surface area contributed by atoms with Crippen molar-refractivity contribution in [1.29, 1.82) is 0 Å². The smallest absolute Gasteiger partial charge is 0.278 e. The molecule has 0 N–H and O–H groups in total. The fourth-order valence-corrected chi connectivity index (χ4v) is 1.56. The van der Waals surface area contributed by atoms with Crippen molar-refractivity contribution in [2.75, 3.05) is 0 Å². The van der Waals surface area contributed by atoms with Gasteiger partial charge < -0.3 is 4.18 Å². The third kappa shape index (κ3) is 1.72. The van der Waals surface area contributed by atoms with Crippen molar-refractivity contribution in [3.63, 3.8) is 0 Å². The minimum absolute atomic E-state index is 0.245. The zero-order chi connectivity index (χ0) is 8.43. The number of thiol groups is 1. The number of rotatable bonds is 1. The quantitative estimate of drug-likeness (QED) is 0.535. The van der Waals surface area contributed by atoms with E-state index < -0.39 is 0 Å².